The maximum Gasteiger partial charge on any atom is 0.255 e. The molecule has 1 aliphatic carbocycles. The lowest BCUT2D eigenvalue weighted by Crippen LogP contribution is -2.42. The Balaban J connectivity index is 2.04. The Bertz CT molecular complexity index is 422. The van der Waals surface area contributed by atoms with E-state index in [-0.39, 0.29) is 23.3 Å². The van der Waals surface area contributed by atoms with Crippen LogP contribution in [0.4, 0.5) is 0 Å². The van der Waals surface area contributed by atoms with E-state index in [1.807, 2.05) is 0 Å². The second-order valence-corrected chi connectivity index (χ2v) is 4.68. The predicted octanol–water partition coefficient (Wildman–Crippen LogP) is 1.21. The van der Waals surface area contributed by atoms with Crippen LogP contribution in [0.25, 0.3) is 0 Å². The molecule has 2 atom stereocenters. The maximum atomic E-state index is 12.0. The summed E-state index contributed by atoms with van der Waals surface area (Å²) in [4.78, 5) is 15.7. The minimum absolute atomic E-state index is 0.141. The lowest BCUT2D eigenvalue weighted by atomic mass is 10.1. The smallest absolute Gasteiger partial charge is 0.255 e. The zero-order valence-corrected chi connectivity index (χ0v) is 10.2. The van der Waals surface area contributed by atoms with E-state index in [9.17, 15) is 15.0 Å². The van der Waals surface area contributed by atoms with Crippen molar-refractivity contribution in [1.82, 2.24) is 10.3 Å². The number of hydrogen-bond donors (Lipinski definition) is 3. The van der Waals surface area contributed by atoms with Crippen LogP contribution in [0.5, 0.6) is 5.75 Å². The van der Waals surface area contributed by atoms with Crippen molar-refractivity contribution in [1.29, 1.82) is 0 Å². The number of rotatable bonds is 2. The average Bonchev–Trinajstić information content (AvgIpc) is 2.55. The van der Waals surface area contributed by atoms with Crippen LogP contribution in [-0.4, -0.2) is 33.3 Å². The second-order valence-electron chi connectivity index (χ2n) is 4.68. The van der Waals surface area contributed by atoms with Crippen LogP contribution in [0, 0.1) is 0 Å². The number of aromatic nitrogens is 1. The van der Waals surface area contributed by atoms with Crippen LogP contribution < -0.4 is 5.32 Å². The van der Waals surface area contributed by atoms with Gasteiger partial charge in [-0.1, -0.05) is 19.3 Å². The van der Waals surface area contributed by atoms with Gasteiger partial charge in [-0.3, -0.25) is 9.78 Å². The summed E-state index contributed by atoms with van der Waals surface area (Å²) in [5.41, 5.74) is 0.196. The second kappa shape index (κ2) is 5.82. The Kier molecular flexibility index (Phi) is 4.15. The molecule has 5 nitrogen and oxygen atoms in total. The highest BCUT2D eigenvalue weighted by Crippen LogP contribution is 2.20. The quantitative estimate of drug-likeness (QED) is 0.689. The Morgan fingerprint density at radius 1 is 1.33 bits per heavy atom. The number of hydrogen-bond acceptors (Lipinski definition) is 4. The summed E-state index contributed by atoms with van der Waals surface area (Å²) >= 11 is 0. The molecule has 5 heteroatoms. The zero-order chi connectivity index (χ0) is 13.0. The molecule has 1 fully saturated rings. The Labute approximate surface area is 106 Å². The fourth-order valence-electron chi connectivity index (χ4n) is 2.28. The van der Waals surface area contributed by atoms with Gasteiger partial charge >= 0.3 is 0 Å². The van der Waals surface area contributed by atoms with Gasteiger partial charge in [0.05, 0.1) is 23.9 Å². The first-order chi connectivity index (χ1) is 8.68. The number of amides is 1. The first-order valence-electron chi connectivity index (χ1n) is 6.30. The average molecular weight is 250 g/mol. The molecule has 1 aromatic heterocycles. The fraction of sp³-hybridized carbons (Fsp3) is 0.538. The van der Waals surface area contributed by atoms with Crippen molar-refractivity contribution in [3.63, 3.8) is 0 Å². The summed E-state index contributed by atoms with van der Waals surface area (Å²) in [5.74, 6) is -0.501. The van der Waals surface area contributed by atoms with Crippen LogP contribution in [0.3, 0.4) is 0 Å². The highest BCUT2D eigenvalue weighted by Gasteiger charge is 2.24. The number of aliphatic hydroxyl groups excluding tert-OH is 1. The number of aromatic hydroxyl groups is 1. The molecule has 1 heterocycles. The van der Waals surface area contributed by atoms with Gasteiger partial charge in [0.2, 0.25) is 0 Å². The maximum absolute atomic E-state index is 12.0. The highest BCUT2D eigenvalue weighted by molar-refractivity contribution is 5.96. The first kappa shape index (κ1) is 12.8. The number of nitrogens with zero attached hydrogens (tertiary/aromatic N) is 1. The molecule has 0 aliphatic heterocycles. The van der Waals surface area contributed by atoms with Gasteiger partial charge in [-0.15, -0.1) is 0 Å². The van der Waals surface area contributed by atoms with Crippen LogP contribution in [0.2, 0.25) is 0 Å². The molecular formula is C13H18N2O3. The first-order valence-corrected chi connectivity index (χ1v) is 6.30. The van der Waals surface area contributed by atoms with Gasteiger partial charge < -0.3 is 15.5 Å². The number of carbonyl (C=O) groups is 1. The van der Waals surface area contributed by atoms with Crippen LogP contribution in [0.15, 0.2) is 18.5 Å². The third-order valence-electron chi connectivity index (χ3n) is 3.34. The molecule has 18 heavy (non-hydrogen) atoms. The van der Waals surface area contributed by atoms with E-state index in [4.69, 9.17) is 0 Å². The van der Waals surface area contributed by atoms with E-state index >= 15 is 0 Å². The van der Waals surface area contributed by atoms with E-state index in [1.54, 1.807) is 0 Å². The molecule has 0 radical (unpaired) electrons. The largest absolute Gasteiger partial charge is 0.505 e. The molecule has 0 spiro atoms. The van der Waals surface area contributed by atoms with E-state index in [2.05, 4.69) is 10.3 Å². The molecule has 1 aromatic rings. The van der Waals surface area contributed by atoms with Crippen molar-refractivity contribution in [3.8, 4) is 5.75 Å². The molecular weight excluding hydrogens is 232 g/mol. The van der Waals surface area contributed by atoms with Gasteiger partial charge in [0.25, 0.3) is 5.91 Å². The summed E-state index contributed by atoms with van der Waals surface area (Å²) in [6.45, 7) is 0. The van der Waals surface area contributed by atoms with Gasteiger partial charge in [-0.2, -0.15) is 0 Å². The molecule has 1 aliphatic rings. The van der Waals surface area contributed by atoms with Crippen molar-refractivity contribution in [2.24, 2.45) is 0 Å². The van der Waals surface area contributed by atoms with Gasteiger partial charge in [0, 0.05) is 6.20 Å². The lowest BCUT2D eigenvalue weighted by molar-refractivity contribution is 0.0816. The molecule has 0 bridgehead atoms. The summed E-state index contributed by atoms with van der Waals surface area (Å²) in [6, 6.07) is 1.24. The summed E-state index contributed by atoms with van der Waals surface area (Å²) in [5, 5.41) is 22.3. The number of nitrogens with one attached hydrogen (secondary N) is 1. The summed E-state index contributed by atoms with van der Waals surface area (Å²) in [7, 11) is 0. The van der Waals surface area contributed by atoms with E-state index in [0.717, 1.165) is 25.7 Å². The molecule has 3 N–H and O–H groups in total. The van der Waals surface area contributed by atoms with Gasteiger partial charge in [-0.05, 0) is 18.9 Å². The van der Waals surface area contributed by atoms with Crippen molar-refractivity contribution in [3.05, 3.63) is 24.0 Å². The molecule has 2 unspecified atom stereocenters. The van der Waals surface area contributed by atoms with E-state index in [1.165, 1.54) is 18.5 Å². The monoisotopic (exact) mass is 250 g/mol. The SMILES string of the molecule is O=C(NC1CCCCCC1O)c1ccncc1O. The lowest BCUT2D eigenvalue weighted by Gasteiger charge is -2.21. The Morgan fingerprint density at radius 2 is 2.11 bits per heavy atom. The van der Waals surface area contributed by atoms with Crippen molar-refractivity contribution in [2.45, 2.75) is 44.2 Å². The third-order valence-corrected chi connectivity index (χ3v) is 3.34. The van der Waals surface area contributed by atoms with Crippen LogP contribution in [0.1, 0.15) is 42.5 Å². The molecule has 0 saturated heterocycles. The minimum atomic E-state index is -0.500. The van der Waals surface area contributed by atoms with Gasteiger partial charge in [-0.25, -0.2) is 0 Å². The van der Waals surface area contributed by atoms with Crippen molar-refractivity contribution < 1.29 is 15.0 Å². The van der Waals surface area contributed by atoms with Crippen LogP contribution in [-0.2, 0) is 0 Å². The number of carbonyl (C=O) groups excluding carboxylic acids is 1. The van der Waals surface area contributed by atoms with Crippen molar-refractivity contribution in [2.75, 3.05) is 0 Å². The molecule has 2 rings (SSSR count). The number of pyridine rings is 1. The van der Waals surface area contributed by atoms with Gasteiger partial charge in [0.15, 0.2) is 0 Å². The standard InChI is InChI=1S/C13H18N2O3/c16-11-5-3-1-2-4-10(11)15-13(18)9-6-7-14-8-12(9)17/h6-8,10-11,16-17H,1-5H2,(H,15,18). The fourth-order valence-corrected chi connectivity index (χ4v) is 2.28. The topological polar surface area (TPSA) is 82.5 Å². The highest BCUT2D eigenvalue weighted by atomic mass is 16.3. The Hall–Kier alpha value is -1.62. The molecule has 1 saturated carbocycles. The van der Waals surface area contributed by atoms with E-state index < -0.39 is 6.10 Å². The van der Waals surface area contributed by atoms with Crippen molar-refractivity contribution >= 4 is 5.91 Å². The zero-order valence-electron chi connectivity index (χ0n) is 10.2. The molecule has 1 amide bonds. The third kappa shape index (κ3) is 2.98. The van der Waals surface area contributed by atoms with E-state index in [0.29, 0.717) is 6.42 Å². The van der Waals surface area contributed by atoms with Gasteiger partial charge in [0.1, 0.15) is 5.75 Å². The Morgan fingerprint density at radius 3 is 2.89 bits per heavy atom. The minimum Gasteiger partial charge on any atom is -0.505 e. The molecule has 98 valence electrons. The van der Waals surface area contributed by atoms with Crippen LogP contribution >= 0.6 is 0 Å². The summed E-state index contributed by atoms with van der Waals surface area (Å²) in [6.07, 6.45) is 6.77. The predicted molar refractivity (Wildman–Crippen MR) is 66.2 cm³/mol. The number of aliphatic hydroxyl groups is 1. The summed E-state index contributed by atoms with van der Waals surface area (Å²) < 4.78 is 0. The normalized spacial score (nSPS) is 24.3. The molecule has 0 aromatic carbocycles.